The van der Waals surface area contributed by atoms with E-state index in [-0.39, 0.29) is 29.1 Å². The third-order valence-corrected chi connectivity index (χ3v) is 6.25. The molecule has 0 saturated heterocycles. The van der Waals surface area contributed by atoms with E-state index in [9.17, 15) is 13.2 Å². The molecule has 33 heavy (non-hydrogen) atoms. The number of ether oxygens (including phenoxy) is 4. The Morgan fingerprint density at radius 3 is 2.45 bits per heavy atom. The normalized spacial score (nSPS) is 12.2. The van der Waals surface area contributed by atoms with Crippen LogP contribution in [-0.2, 0) is 14.8 Å². The second kappa shape index (κ2) is 9.47. The Morgan fingerprint density at radius 2 is 1.73 bits per heavy atom. The summed E-state index contributed by atoms with van der Waals surface area (Å²) in [5.74, 6) is 1.48. The van der Waals surface area contributed by atoms with Crippen LogP contribution in [0.5, 0.6) is 23.0 Å². The molecule has 9 nitrogen and oxygen atoms in total. The van der Waals surface area contributed by atoms with E-state index in [0.717, 1.165) is 0 Å². The van der Waals surface area contributed by atoms with Crippen LogP contribution in [-0.4, -0.2) is 34.8 Å². The third kappa shape index (κ3) is 5.41. The number of carbonyl (C=O) groups is 1. The molecule has 0 aromatic heterocycles. The summed E-state index contributed by atoms with van der Waals surface area (Å²) in [7, 11) is -2.36. The van der Waals surface area contributed by atoms with Crippen molar-refractivity contribution < 1.29 is 32.2 Å². The Kier molecular flexibility index (Phi) is 6.47. The van der Waals surface area contributed by atoms with E-state index < -0.39 is 15.9 Å². The van der Waals surface area contributed by atoms with Crippen molar-refractivity contribution in [2.45, 2.75) is 4.90 Å². The minimum atomic E-state index is -3.88. The Bertz CT molecular complexity index is 1280. The first kappa shape index (κ1) is 22.6. The molecule has 2 N–H and O–H groups in total. The van der Waals surface area contributed by atoms with Crippen molar-refractivity contribution in [2.75, 3.05) is 30.5 Å². The van der Waals surface area contributed by atoms with E-state index in [0.29, 0.717) is 28.6 Å². The van der Waals surface area contributed by atoms with E-state index in [1.807, 2.05) is 0 Å². The molecule has 1 aliphatic rings. The fourth-order valence-electron chi connectivity index (χ4n) is 2.95. The molecule has 3 aromatic carbocycles. The number of nitrogens with one attached hydrogen (secondary N) is 2. The molecule has 1 amide bonds. The number of halogens is 1. The first-order valence-electron chi connectivity index (χ1n) is 9.63. The molecule has 0 radical (unpaired) electrons. The first-order chi connectivity index (χ1) is 15.8. The Labute approximate surface area is 195 Å². The quantitative estimate of drug-likeness (QED) is 0.492. The van der Waals surface area contributed by atoms with Gasteiger partial charge in [0, 0.05) is 17.4 Å². The largest absolute Gasteiger partial charge is 0.497 e. The minimum absolute atomic E-state index is 0.0449. The lowest BCUT2D eigenvalue weighted by atomic mass is 10.3. The van der Waals surface area contributed by atoms with E-state index >= 15 is 0 Å². The van der Waals surface area contributed by atoms with Gasteiger partial charge in [-0.2, -0.15) is 0 Å². The maximum atomic E-state index is 12.6. The summed E-state index contributed by atoms with van der Waals surface area (Å²) in [6.07, 6.45) is 0. The molecular weight excluding hydrogens is 472 g/mol. The number of hydrogen-bond donors (Lipinski definition) is 2. The summed E-state index contributed by atoms with van der Waals surface area (Å²) in [6, 6.07) is 15.4. The fraction of sp³-hybridized carbons (Fsp3) is 0.136. The molecule has 172 valence electrons. The van der Waals surface area contributed by atoms with Crippen LogP contribution in [0.2, 0.25) is 5.02 Å². The van der Waals surface area contributed by atoms with Crippen LogP contribution in [0.3, 0.4) is 0 Å². The molecule has 0 aliphatic carbocycles. The van der Waals surface area contributed by atoms with Gasteiger partial charge in [-0.3, -0.25) is 9.52 Å². The number of carbonyl (C=O) groups excluding carboxylic acids is 1. The lowest BCUT2D eigenvalue weighted by Gasteiger charge is -2.12. The standard InChI is InChI=1S/C22H19ClN2O7S/c1-29-16-5-2-14(3-6-16)25-33(27,28)17-7-9-19(18(23)11-17)30-12-22(26)24-15-4-8-20-21(10-15)32-13-31-20/h2-11,25H,12-13H2,1H3,(H,24,26). The van der Waals surface area contributed by atoms with Crippen LogP contribution < -0.4 is 29.0 Å². The highest BCUT2D eigenvalue weighted by atomic mass is 35.5. The second-order valence-corrected chi connectivity index (χ2v) is 8.92. The summed E-state index contributed by atoms with van der Waals surface area (Å²) < 4.78 is 48.7. The highest BCUT2D eigenvalue weighted by Gasteiger charge is 2.18. The highest BCUT2D eigenvalue weighted by Crippen LogP contribution is 2.34. The van der Waals surface area contributed by atoms with Gasteiger partial charge in [-0.15, -0.1) is 0 Å². The zero-order valence-electron chi connectivity index (χ0n) is 17.3. The molecule has 3 aromatic rings. The van der Waals surface area contributed by atoms with Crippen molar-refractivity contribution in [1.82, 2.24) is 0 Å². The van der Waals surface area contributed by atoms with Crippen LogP contribution in [0.1, 0.15) is 0 Å². The van der Waals surface area contributed by atoms with Gasteiger partial charge >= 0.3 is 0 Å². The number of fused-ring (bicyclic) bond motifs is 1. The number of amides is 1. The van der Waals surface area contributed by atoms with E-state index in [1.54, 1.807) is 42.5 Å². The third-order valence-electron chi connectivity index (χ3n) is 4.57. The van der Waals surface area contributed by atoms with Gasteiger partial charge in [-0.05, 0) is 54.6 Å². The van der Waals surface area contributed by atoms with Gasteiger partial charge in [0.2, 0.25) is 6.79 Å². The van der Waals surface area contributed by atoms with Gasteiger partial charge in [-0.25, -0.2) is 8.42 Å². The zero-order chi connectivity index (χ0) is 23.4. The van der Waals surface area contributed by atoms with Gasteiger partial charge in [0.15, 0.2) is 18.1 Å². The van der Waals surface area contributed by atoms with Crippen molar-refractivity contribution >= 4 is 38.9 Å². The summed E-state index contributed by atoms with van der Waals surface area (Å²) in [5, 5.41) is 2.72. The number of methoxy groups -OCH3 is 1. The highest BCUT2D eigenvalue weighted by molar-refractivity contribution is 7.92. The number of anilines is 2. The molecule has 0 unspecified atom stereocenters. The summed E-state index contributed by atoms with van der Waals surface area (Å²) >= 11 is 6.19. The molecule has 0 fully saturated rings. The SMILES string of the molecule is COc1ccc(NS(=O)(=O)c2ccc(OCC(=O)Nc3ccc4c(c3)OCO4)c(Cl)c2)cc1. The molecule has 0 atom stereocenters. The lowest BCUT2D eigenvalue weighted by molar-refractivity contribution is -0.118. The van der Waals surface area contributed by atoms with Gasteiger partial charge in [0.1, 0.15) is 11.5 Å². The topological polar surface area (TPSA) is 112 Å². The summed E-state index contributed by atoms with van der Waals surface area (Å²) in [4.78, 5) is 12.2. The van der Waals surface area contributed by atoms with Crippen molar-refractivity contribution in [1.29, 1.82) is 0 Å². The average molecular weight is 491 g/mol. The predicted octanol–water partition coefficient (Wildman–Crippen LogP) is 3.90. The maximum absolute atomic E-state index is 12.6. The summed E-state index contributed by atoms with van der Waals surface area (Å²) in [6.45, 7) is -0.194. The number of sulfonamides is 1. The van der Waals surface area contributed by atoms with E-state index in [2.05, 4.69) is 10.0 Å². The maximum Gasteiger partial charge on any atom is 0.262 e. The van der Waals surface area contributed by atoms with Crippen LogP contribution in [0.15, 0.2) is 65.6 Å². The molecule has 0 spiro atoms. The minimum Gasteiger partial charge on any atom is -0.497 e. The molecule has 11 heteroatoms. The second-order valence-electron chi connectivity index (χ2n) is 6.83. The Balaban J connectivity index is 1.37. The summed E-state index contributed by atoms with van der Waals surface area (Å²) in [5.41, 5.74) is 0.887. The molecular formula is C22H19ClN2O7S. The van der Waals surface area contributed by atoms with Crippen molar-refractivity contribution in [2.24, 2.45) is 0 Å². The van der Waals surface area contributed by atoms with Gasteiger partial charge < -0.3 is 24.3 Å². The first-order valence-corrected chi connectivity index (χ1v) is 11.5. The fourth-order valence-corrected chi connectivity index (χ4v) is 4.34. The predicted molar refractivity (Wildman–Crippen MR) is 122 cm³/mol. The lowest BCUT2D eigenvalue weighted by Crippen LogP contribution is -2.20. The zero-order valence-corrected chi connectivity index (χ0v) is 18.9. The van der Waals surface area contributed by atoms with Gasteiger partial charge in [0.05, 0.1) is 17.0 Å². The molecule has 1 heterocycles. The molecule has 0 saturated carbocycles. The molecule has 0 bridgehead atoms. The Morgan fingerprint density at radius 1 is 1.00 bits per heavy atom. The van der Waals surface area contributed by atoms with Crippen LogP contribution in [0, 0.1) is 0 Å². The molecule has 4 rings (SSSR count). The van der Waals surface area contributed by atoms with Crippen LogP contribution in [0.4, 0.5) is 11.4 Å². The molecule has 1 aliphatic heterocycles. The number of hydrogen-bond acceptors (Lipinski definition) is 7. The van der Waals surface area contributed by atoms with Crippen LogP contribution in [0.25, 0.3) is 0 Å². The van der Waals surface area contributed by atoms with Crippen molar-refractivity contribution in [3.63, 3.8) is 0 Å². The van der Waals surface area contributed by atoms with Crippen molar-refractivity contribution in [3.05, 3.63) is 65.7 Å². The number of benzene rings is 3. The van der Waals surface area contributed by atoms with Gasteiger partial charge in [-0.1, -0.05) is 11.6 Å². The monoisotopic (exact) mass is 490 g/mol. The average Bonchev–Trinajstić information content (AvgIpc) is 3.26. The van der Waals surface area contributed by atoms with Crippen molar-refractivity contribution in [3.8, 4) is 23.0 Å². The van der Waals surface area contributed by atoms with Gasteiger partial charge in [0.25, 0.3) is 15.9 Å². The van der Waals surface area contributed by atoms with E-state index in [4.69, 9.17) is 30.5 Å². The van der Waals surface area contributed by atoms with E-state index in [1.165, 1.54) is 25.3 Å². The smallest absolute Gasteiger partial charge is 0.262 e. The van der Waals surface area contributed by atoms with Crippen LogP contribution >= 0.6 is 11.6 Å². The number of rotatable bonds is 8. The Hall–Kier alpha value is -3.63.